The van der Waals surface area contributed by atoms with Crippen molar-refractivity contribution in [2.24, 2.45) is 0 Å². The van der Waals surface area contributed by atoms with Gasteiger partial charge >= 0.3 is 0 Å². The van der Waals surface area contributed by atoms with Crippen molar-refractivity contribution in [2.75, 3.05) is 0 Å². The third-order valence-corrected chi connectivity index (χ3v) is 3.57. The molecule has 0 amide bonds. The lowest BCUT2D eigenvalue weighted by Gasteiger charge is -2.10. The van der Waals surface area contributed by atoms with Crippen LogP contribution in [0.4, 0.5) is 0 Å². The van der Waals surface area contributed by atoms with Crippen molar-refractivity contribution in [3.63, 3.8) is 0 Å². The van der Waals surface area contributed by atoms with E-state index in [9.17, 15) is 0 Å². The topological polar surface area (TPSA) is 22.1 Å². The molecule has 0 spiro atoms. The summed E-state index contributed by atoms with van der Waals surface area (Å²) >= 11 is 0. The Kier molecular flexibility index (Phi) is 3.15. The van der Waals surface area contributed by atoms with Gasteiger partial charge in [-0.2, -0.15) is 0 Å². The van der Waals surface area contributed by atoms with Crippen molar-refractivity contribution in [3.05, 3.63) is 65.4 Å². The van der Waals surface area contributed by atoms with Crippen LogP contribution in [-0.4, -0.2) is 4.98 Å². The van der Waals surface area contributed by atoms with Crippen molar-refractivity contribution in [3.8, 4) is 11.5 Å². The highest BCUT2D eigenvalue weighted by Gasteiger charge is 2.06. The molecule has 2 aromatic carbocycles. The van der Waals surface area contributed by atoms with Crippen LogP contribution in [-0.2, 0) is 0 Å². The van der Waals surface area contributed by atoms with Crippen molar-refractivity contribution >= 4 is 10.9 Å². The van der Waals surface area contributed by atoms with Gasteiger partial charge in [-0.25, -0.2) is 0 Å². The monoisotopic (exact) mass is 263 g/mol. The number of aromatic nitrogens is 1. The Morgan fingerprint density at radius 1 is 0.850 bits per heavy atom. The molecule has 0 aliphatic heterocycles. The van der Waals surface area contributed by atoms with Gasteiger partial charge < -0.3 is 4.74 Å². The van der Waals surface area contributed by atoms with E-state index in [4.69, 9.17) is 4.74 Å². The molecule has 0 saturated heterocycles. The van der Waals surface area contributed by atoms with Crippen LogP contribution in [0.2, 0.25) is 0 Å². The highest BCUT2D eigenvalue weighted by Crippen LogP contribution is 2.30. The second-order valence-corrected chi connectivity index (χ2v) is 5.18. The summed E-state index contributed by atoms with van der Waals surface area (Å²) in [7, 11) is 0. The molecule has 3 aromatic rings. The van der Waals surface area contributed by atoms with Gasteiger partial charge in [0.1, 0.15) is 11.5 Å². The van der Waals surface area contributed by atoms with Gasteiger partial charge in [0.05, 0.1) is 5.52 Å². The van der Waals surface area contributed by atoms with Crippen LogP contribution in [0, 0.1) is 20.8 Å². The number of hydrogen-bond donors (Lipinski definition) is 0. The average Bonchev–Trinajstić information content (AvgIpc) is 2.43. The summed E-state index contributed by atoms with van der Waals surface area (Å²) < 4.78 is 6.00. The van der Waals surface area contributed by atoms with Gasteiger partial charge in [0.2, 0.25) is 0 Å². The molecular formula is C18H17NO. The van der Waals surface area contributed by atoms with Crippen molar-refractivity contribution in [1.29, 1.82) is 0 Å². The van der Waals surface area contributed by atoms with Gasteiger partial charge in [0, 0.05) is 11.6 Å². The molecule has 0 radical (unpaired) electrons. The summed E-state index contributed by atoms with van der Waals surface area (Å²) in [6, 6.07) is 14.2. The molecule has 2 nitrogen and oxygen atoms in total. The molecular weight excluding hydrogens is 246 g/mol. The van der Waals surface area contributed by atoms with Crippen molar-refractivity contribution in [2.45, 2.75) is 20.8 Å². The van der Waals surface area contributed by atoms with Crippen LogP contribution in [0.25, 0.3) is 10.9 Å². The predicted molar refractivity (Wildman–Crippen MR) is 82.5 cm³/mol. The van der Waals surface area contributed by atoms with Gasteiger partial charge in [0.25, 0.3) is 0 Å². The van der Waals surface area contributed by atoms with E-state index in [0.29, 0.717) is 0 Å². The number of fused-ring (bicyclic) bond motifs is 1. The van der Waals surface area contributed by atoms with E-state index in [0.717, 1.165) is 22.4 Å². The SMILES string of the molecule is Cc1ccc(Oc2ccnc3cc(C)c(C)cc23)cc1. The molecule has 100 valence electrons. The summed E-state index contributed by atoms with van der Waals surface area (Å²) in [5.74, 6) is 1.70. The Balaban J connectivity index is 2.07. The molecule has 0 fully saturated rings. The maximum Gasteiger partial charge on any atom is 0.138 e. The van der Waals surface area contributed by atoms with Gasteiger partial charge in [-0.1, -0.05) is 17.7 Å². The van der Waals surface area contributed by atoms with Crippen molar-refractivity contribution < 1.29 is 4.74 Å². The van der Waals surface area contributed by atoms with E-state index in [1.807, 2.05) is 30.3 Å². The molecule has 0 aliphatic carbocycles. The van der Waals surface area contributed by atoms with E-state index in [1.165, 1.54) is 16.7 Å². The molecule has 0 bridgehead atoms. The Bertz CT molecular complexity index is 760. The molecule has 20 heavy (non-hydrogen) atoms. The van der Waals surface area contributed by atoms with Crippen LogP contribution >= 0.6 is 0 Å². The molecule has 0 aliphatic rings. The fraction of sp³-hybridized carbons (Fsp3) is 0.167. The molecule has 2 heteroatoms. The fourth-order valence-electron chi connectivity index (χ4n) is 2.20. The normalized spacial score (nSPS) is 10.8. The minimum Gasteiger partial charge on any atom is -0.457 e. The zero-order valence-corrected chi connectivity index (χ0v) is 12.0. The van der Waals surface area contributed by atoms with E-state index in [1.54, 1.807) is 6.20 Å². The fourth-order valence-corrected chi connectivity index (χ4v) is 2.20. The number of benzene rings is 2. The van der Waals surface area contributed by atoms with Gasteiger partial charge in [-0.05, 0) is 62.2 Å². The first kappa shape index (κ1) is 12.7. The van der Waals surface area contributed by atoms with Crippen LogP contribution < -0.4 is 4.74 Å². The van der Waals surface area contributed by atoms with Crippen LogP contribution in [0.5, 0.6) is 11.5 Å². The summed E-state index contributed by atoms with van der Waals surface area (Å²) in [5.41, 5.74) is 4.69. The van der Waals surface area contributed by atoms with Crippen molar-refractivity contribution in [1.82, 2.24) is 4.98 Å². The molecule has 0 atom stereocenters. The average molecular weight is 263 g/mol. The third-order valence-electron chi connectivity index (χ3n) is 3.57. The Morgan fingerprint density at radius 2 is 1.55 bits per heavy atom. The maximum absolute atomic E-state index is 6.00. The largest absolute Gasteiger partial charge is 0.457 e. The minimum atomic E-state index is 0.848. The second-order valence-electron chi connectivity index (χ2n) is 5.18. The maximum atomic E-state index is 6.00. The Labute approximate surface area is 119 Å². The second kappa shape index (κ2) is 4.97. The molecule has 0 N–H and O–H groups in total. The van der Waals surface area contributed by atoms with E-state index in [-0.39, 0.29) is 0 Å². The first-order chi connectivity index (χ1) is 9.63. The standard InChI is InChI=1S/C18H17NO/c1-12-4-6-15(7-5-12)20-18-8-9-19-17-11-14(3)13(2)10-16(17)18/h4-11H,1-3H3. The zero-order chi connectivity index (χ0) is 14.1. The first-order valence-corrected chi connectivity index (χ1v) is 6.74. The lowest BCUT2D eigenvalue weighted by molar-refractivity contribution is 0.488. The van der Waals surface area contributed by atoms with E-state index >= 15 is 0 Å². The Morgan fingerprint density at radius 3 is 2.30 bits per heavy atom. The number of rotatable bonds is 2. The lowest BCUT2D eigenvalue weighted by Crippen LogP contribution is -1.90. The number of aryl methyl sites for hydroxylation is 3. The zero-order valence-electron chi connectivity index (χ0n) is 12.0. The quantitative estimate of drug-likeness (QED) is 0.652. The van der Waals surface area contributed by atoms with Gasteiger partial charge in [0.15, 0.2) is 0 Å². The summed E-state index contributed by atoms with van der Waals surface area (Å²) in [6.07, 6.45) is 1.79. The van der Waals surface area contributed by atoms with Crippen LogP contribution in [0.15, 0.2) is 48.7 Å². The van der Waals surface area contributed by atoms with Gasteiger partial charge in [-0.15, -0.1) is 0 Å². The first-order valence-electron chi connectivity index (χ1n) is 6.74. The van der Waals surface area contributed by atoms with E-state index < -0.39 is 0 Å². The highest BCUT2D eigenvalue weighted by atomic mass is 16.5. The van der Waals surface area contributed by atoms with Crippen LogP contribution in [0.3, 0.4) is 0 Å². The highest BCUT2D eigenvalue weighted by molar-refractivity contribution is 5.86. The molecule has 1 heterocycles. The summed E-state index contributed by atoms with van der Waals surface area (Å²) in [6.45, 7) is 6.28. The number of ether oxygens (including phenoxy) is 1. The van der Waals surface area contributed by atoms with Crippen LogP contribution in [0.1, 0.15) is 16.7 Å². The van der Waals surface area contributed by atoms with Gasteiger partial charge in [-0.3, -0.25) is 4.98 Å². The molecule has 0 unspecified atom stereocenters. The molecule has 0 saturated carbocycles. The molecule has 1 aromatic heterocycles. The Hall–Kier alpha value is -2.35. The smallest absolute Gasteiger partial charge is 0.138 e. The third kappa shape index (κ3) is 2.37. The minimum absolute atomic E-state index is 0.848. The molecule has 3 rings (SSSR count). The summed E-state index contributed by atoms with van der Waals surface area (Å²) in [5, 5.41) is 1.05. The van der Waals surface area contributed by atoms with E-state index in [2.05, 4.69) is 37.9 Å². The lowest BCUT2D eigenvalue weighted by atomic mass is 10.1. The number of hydrogen-bond acceptors (Lipinski definition) is 2. The predicted octanol–water partition coefficient (Wildman–Crippen LogP) is 4.95. The number of nitrogens with zero attached hydrogens (tertiary/aromatic N) is 1. The summed E-state index contributed by atoms with van der Waals surface area (Å²) in [4.78, 5) is 4.42. The number of pyridine rings is 1.